The van der Waals surface area contributed by atoms with Crippen LogP contribution in [0.1, 0.15) is 21.1 Å². The summed E-state index contributed by atoms with van der Waals surface area (Å²) in [5, 5.41) is 11.6. The van der Waals surface area contributed by atoms with Crippen molar-refractivity contribution in [2.75, 3.05) is 13.6 Å². The zero-order chi connectivity index (χ0) is 16.1. The fraction of sp³-hybridized carbons (Fsp3) is 0.267. The number of hydrogen-bond donors (Lipinski definition) is 1. The first-order valence-electron chi connectivity index (χ1n) is 6.57. The lowest BCUT2D eigenvalue weighted by Gasteiger charge is -2.15. The molecular weight excluding hydrogens is 304 g/mol. The van der Waals surface area contributed by atoms with E-state index in [-0.39, 0.29) is 12.5 Å². The molecule has 0 saturated heterocycles. The number of carboxylic acid groups (broad SMARTS) is 1. The first-order valence-corrected chi connectivity index (χ1v) is 7.45. The Balaban J connectivity index is 2.03. The smallest absolute Gasteiger partial charge is 0.323 e. The van der Waals surface area contributed by atoms with Gasteiger partial charge in [0.15, 0.2) is 0 Å². The van der Waals surface area contributed by atoms with Crippen LogP contribution in [0, 0.1) is 6.92 Å². The van der Waals surface area contributed by atoms with Gasteiger partial charge in [-0.15, -0.1) is 11.3 Å². The number of hydrogen-bond acceptors (Lipinski definition) is 5. The number of likely N-dealkylation sites (N-methyl/N-ethyl adjacent to an activating group) is 1. The maximum Gasteiger partial charge on any atom is 0.323 e. The van der Waals surface area contributed by atoms with E-state index in [2.05, 4.69) is 4.98 Å². The first-order chi connectivity index (χ1) is 10.5. The monoisotopic (exact) mass is 320 g/mol. The third-order valence-electron chi connectivity index (χ3n) is 2.85. The summed E-state index contributed by atoms with van der Waals surface area (Å²) in [4.78, 5) is 28.2. The van der Waals surface area contributed by atoms with E-state index >= 15 is 0 Å². The molecule has 1 aromatic heterocycles. The molecule has 0 aliphatic carbocycles. The highest BCUT2D eigenvalue weighted by atomic mass is 32.1. The molecule has 6 nitrogen and oxygen atoms in total. The van der Waals surface area contributed by atoms with Crippen molar-refractivity contribution in [2.24, 2.45) is 0 Å². The van der Waals surface area contributed by atoms with Crippen molar-refractivity contribution in [2.45, 2.75) is 13.5 Å². The van der Waals surface area contributed by atoms with Crippen LogP contribution in [0.3, 0.4) is 0 Å². The van der Waals surface area contributed by atoms with E-state index in [9.17, 15) is 9.59 Å². The fourth-order valence-corrected chi connectivity index (χ4v) is 2.44. The zero-order valence-electron chi connectivity index (χ0n) is 12.3. The minimum Gasteiger partial charge on any atom is -0.487 e. The number of aromatic nitrogens is 1. The van der Waals surface area contributed by atoms with Gasteiger partial charge in [0.1, 0.15) is 18.9 Å². The Morgan fingerprint density at radius 3 is 2.82 bits per heavy atom. The summed E-state index contributed by atoms with van der Waals surface area (Å²) < 4.78 is 5.61. The van der Waals surface area contributed by atoms with Crippen LogP contribution in [0.25, 0.3) is 0 Å². The number of ether oxygens (including phenoxy) is 1. The largest absolute Gasteiger partial charge is 0.487 e. The third-order valence-corrected chi connectivity index (χ3v) is 3.68. The second kappa shape index (κ2) is 7.04. The normalized spacial score (nSPS) is 10.3. The molecule has 116 valence electrons. The average Bonchev–Trinajstić information content (AvgIpc) is 2.89. The Kier molecular flexibility index (Phi) is 5.11. The Bertz CT molecular complexity index is 684. The summed E-state index contributed by atoms with van der Waals surface area (Å²) in [7, 11) is 1.45. The summed E-state index contributed by atoms with van der Waals surface area (Å²) in [5.41, 5.74) is 1.22. The molecule has 0 radical (unpaired) electrons. The second-order valence-corrected chi connectivity index (χ2v) is 5.79. The summed E-state index contributed by atoms with van der Waals surface area (Å²) in [5.74, 6) is -0.875. The molecule has 0 spiro atoms. The molecule has 0 bridgehead atoms. The van der Waals surface area contributed by atoms with Crippen LogP contribution in [-0.2, 0) is 11.4 Å². The number of benzene rings is 1. The Morgan fingerprint density at radius 2 is 2.18 bits per heavy atom. The van der Waals surface area contributed by atoms with E-state index in [4.69, 9.17) is 9.84 Å². The van der Waals surface area contributed by atoms with Gasteiger partial charge < -0.3 is 14.7 Å². The quantitative estimate of drug-likeness (QED) is 0.882. The molecule has 22 heavy (non-hydrogen) atoms. The van der Waals surface area contributed by atoms with Gasteiger partial charge in [0.05, 0.1) is 10.7 Å². The van der Waals surface area contributed by atoms with E-state index in [1.807, 2.05) is 12.3 Å². The summed E-state index contributed by atoms with van der Waals surface area (Å²) in [6.45, 7) is 1.90. The Hall–Kier alpha value is -2.41. The summed E-state index contributed by atoms with van der Waals surface area (Å²) in [6, 6.07) is 6.66. The second-order valence-electron chi connectivity index (χ2n) is 4.73. The highest BCUT2D eigenvalue weighted by molar-refractivity contribution is 7.09. The maximum atomic E-state index is 12.1. The molecule has 0 unspecified atom stereocenters. The van der Waals surface area contributed by atoms with Gasteiger partial charge in [0.2, 0.25) is 0 Å². The molecule has 0 aliphatic rings. The molecule has 2 rings (SSSR count). The van der Waals surface area contributed by atoms with Crippen LogP contribution in [-0.4, -0.2) is 40.5 Å². The van der Waals surface area contributed by atoms with E-state index < -0.39 is 5.97 Å². The van der Waals surface area contributed by atoms with Gasteiger partial charge in [0.25, 0.3) is 5.91 Å². The summed E-state index contributed by atoms with van der Waals surface area (Å²) in [6.07, 6.45) is 0. The van der Waals surface area contributed by atoms with E-state index in [0.717, 1.165) is 15.6 Å². The highest BCUT2D eigenvalue weighted by Gasteiger charge is 2.14. The van der Waals surface area contributed by atoms with Gasteiger partial charge in [-0.1, -0.05) is 6.07 Å². The molecule has 0 atom stereocenters. The average molecular weight is 320 g/mol. The van der Waals surface area contributed by atoms with Crippen molar-refractivity contribution in [1.29, 1.82) is 0 Å². The van der Waals surface area contributed by atoms with Crippen LogP contribution in [0.15, 0.2) is 29.6 Å². The van der Waals surface area contributed by atoms with E-state index in [1.54, 1.807) is 35.6 Å². The number of nitrogens with zero attached hydrogens (tertiary/aromatic N) is 2. The zero-order valence-corrected chi connectivity index (χ0v) is 13.1. The van der Waals surface area contributed by atoms with Crippen molar-refractivity contribution in [3.8, 4) is 5.75 Å². The molecule has 0 aliphatic heterocycles. The number of rotatable bonds is 6. The number of aliphatic carboxylic acids is 1. The molecule has 1 heterocycles. The predicted molar refractivity (Wildman–Crippen MR) is 82.2 cm³/mol. The van der Waals surface area contributed by atoms with Crippen LogP contribution >= 0.6 is 11.3 Å². The van der Waals surface area contributed by atoms with Crippen LogP contribution in [0.2, 0.25) is 0 Å². The lowest BCUT2D eigenvalue weighted by molar-refractivity contribution is -0.137. The van der Waals surface area contributed by atoms with Gasteiger partial charge in [-0.3, -0.25) is 9.59 Å². The van der Waals surface area contributed by atoms with Crippen LogP contribution < -0.4 is 4.74 Å². The molecular formula is C15H16N2O4S. The number of amides is 1. The number of thiazole rings is 1. The predicted octanol–water partition coefficient (Wildman–Crippen LogP) is 2.19. The number of carboxylic acids is 1. The van der Waals surface area contributed by atoms with Gasteiger partial charge in [-0.25, -0.2) is 4.98 Å². The lowest BCUT2D eigenvalue weighted by Crippen LogP contribution is -2.31. The van der Waals surface area contributed by atoms with Crippen molar-refractivity contribution in [1.82, 2.24) is 9.88 Å². The van der Waals surface area contributed by atoms with Crippen molar-refractivity contribution in [3.63, 3.8) is 0 Å². The topological polar surface area (TPSA) is 79.7 Å². The Morgan fingerprint density at radius 1 is 1.41 bits per heavy atom. The summed E-state index contributed by atoms with van der Waals surface area (Å²) >= 11 is 1.55. The molecule has 1 amide bonds. The minimum atomic E-state index is -1.05. The number of carbonyl (C=O) groups is 2. The molecule has 2 aromatic rings. The molecule has 1 aromatic carbocycles. The van der Waals surface area contributed by atoms with E-state index in [1.165, 1.54) is 7.05 Å². The standard InChI is InChI=1S/C15H16N2O4S/c1-10-16-12(9-22-10)8-21-13-5-3-4-11(6-13)15(20)17(2)7-14(18)19/h3-6,9H,7-8H2,1-2H3,(H,18,19). The molecule has 0 saturated carbocycles. The molecule has 1 N–H and O–H groups in total. The molecule has 7 heteroatoms. The lowest BCUT2D eigenvalue weighted by atomic mass is 10.2. The van der Waals surface area contributed by atoms with Crippen LogP contribution in [0.5, 0.6) is 5.75 Å². The van der Waals surface area contributed by atoms with Crippen molar-refractivity contribution in [3.05, 3.63) is 45.9 Å². The highest BCUT2D eigenvalue weighted by Crippen LogP contribution is 2.17. The van der Waals surface area contributed by atoms with Gasteiger partial charge >= 0.3 is 5.97 Å². The fourth-order valence-electron chi connectivity index (χ4n) is 1.85. The van der Waals surface area contributed by atoms with Crippen molar-refractivity contribution >= 4 is 23.2 Å². The van der Waals surface area contributed by atoms with Gasteiger partial charge in [-0.2, -0.15) is 0 Å². The van der Waals surface area contributed by atoms with Crippen LogP contribution in [0.4, 0.5) is 0 Å². The molecule has 0 fully saturated rings. The third kappa shape index (κ3) is 4.29. The first kappa shape index (κ1) is 16.0. The minimum absolute atomic E-state index is 0.326. The Labute approximate surface area is 132 Å². The van der Waals surface area contributed by atoms with Gasteiger partial charge in [0, 0.05) is 18.0 Å². The maximum absolute atomic E-state index is 12.1. The van der Waals surface area contributed by atoms with Gasteiger partial charge in [-0.05, 0) is 25.1 Å². The number of aryl methyl sites for hydroxylation is 1. The van der Waals surface area contributed by atoms with E-state index in [0.29, 0.717) is 17.9 Å². The SMILES string of the molecule is Cc1nc(COc2cccc(C(=O)N(C)CC(=O)O)c2)cs1. The van der Waals surface area contributed by atoms with Crippen molar-refractivity contribution < 1.29 is 19.4 Å². The number of carbonyl (C=O) groups excluding carboxylic acids is 1.